The Morgan fingerprint density at radius 3 is 2.75 bits per heavy atom. The first-order chi connectivity index (χ1) is 11.5. The predicted octanol–water partition coefficient (Wildman–Crippen LogP) is 3.33. The van der Waals surface area contributed by atoms with Crippen molar-refractivity contribution in [3.63, 3.8) is 0 Å². The van der Waals surface area contributed by atoms with Crippen molar-refractivity contribution in [2.45, 2.75) is 0 Å². The average molecular weight is 358 g/mol. The minimum atomic E-state index is -0.570. The number of hydrogen-bond donors (Lipinski definition) is 2. The monoisotopic (exact) mass is 357 g/mol. The molecule has 0 unspecified atom stereocenters. The summed E-state index contributed by atoms with van der Waals surface area (Å²) in [4.78, 5) is 28.3. The van der Waals surface area contributed by atoms with Gasteiger partial charge < -0.3 is 11.1 Å². The highest BCUT2D eigenvalue weighted by Crippen LogP contribution is 2.29. The van der Waals surface area contributed by atoms with Crippen LogP contribution in [0.3, 0.4) is 0 Å². The van der Waals surface area contributed by atoms with E-state index < -0.39 is 5.91 Å². The number of nitrogens with one attached hydrogen (secondary N) is 1. The number of carbonyl (C=O) groups excluding carboxylic acids is 2. The van der Waals surface area contributed by atoms with Gasteiger partial charge in [-0.3, -0.25) is 9.59 Å². The molecule has 2 amide bonds. The number of thioether (sulfide) groups is 1. The van der Waals surface area contributed by atoms with Crippen molar-refractivity contribution in [1.82, 2.24) is 5.32 Å². The zero-order valence-electron chi connectivity index (χ0n) is 12.3. The van der Waals surface area contributed by atoms with Gasteiger partial charge in [-0.05, 0) is 47.7 Å². The van der Waals surface area contributed by atoms with Crippen LogP contribution in [0, 0.1) is 0 Å². The van der Waals surface area contributed by atoms with Crippen LogP contribution in [0.2, 0.25) is 5.02 Å². The molecule has 120 valence electrons. The minimum absolute atomic E-state index is 0.254. The highest BCUT2D eigenvalue weighted by molar-refractivity contribution is 8.18. The molecule has 2 aromatic rings. The normalized spacial score (nSPS) is 17.3. The number of benzene rings is 2. The van der Waals surface area contributed by atoms with E-state index in [1.54, 1.807) is 42.5 Å². The van der Waals surface area contributed by atoms with Crippen LogP contribution < -0.4 is 11.1 Å². The third-order valence-corrected chi connectivity index (χ3v) is 4.33. The second-order valence-electron chi connectivity index (χ2n) is 4.92. The van der Waals surface area contributed by atoms with Crippen molar-refractivity contribution < 1.29 is 9.59 Å². The van der Waals surface area contributed by atoms with Crippen LogP contribution in [-0.2, 0) is 4.79 Å². The van der Waals surface area contributed by atoms with E-state index in [9.17, 15) is 9.59 Å². The largest absolute Gasteiger partial charge is 0.366 e. The molecule has 1 saturated heterocycles. The van der Waals surface area contributed by atoms with Crippen LogP contribution in [0.4, 0.5) is 5.69 Å². The maximum absolute atomic E-state index is 12.1. The lowest BCUT2D eigenvalue weighted by molar-refractivity contribution is -0.115. The summed E-state index contributed by atoms with van der Waals surface area (Å²) in [7, 11) is 0. The Bertz CT molecular complexity index is 893. The molecular weight excluding hydrogens is 346 g/mol. The van der Waals surface area contributed by atoms with Crippen molar-refractivity contribution in [2.75, 3.05) is 0 Å². The van der Waals surface area contributed by atoms with Gasteiger partial charge in [-0.25, -0.2) is 4.99 Å². The number of amides is 2. The van der Waals surface area contributed by atoms with Crippen molar-refractivity contribution in [3.8, 4) is 0 Å². The summed E-state index contributed by atoms with van der Waals surface area (Å²) in [6.45, 7) is 0. The van der Waals surface area contributed by atoms with Gasteiger partial charge in [0.1, 0.15) is 0 Å². The van der Waals surface area contributed by atoms with Gasteiger partial charge >= 0.3 is 0 Å². The summed E-state index contributed by atoms with van der Waals surface area (Å²) in [5.74, 6) is -0.825. The van der Waals surface area contributed by atoms with E-state index in [-0.39, 0.29) is 5.91 Å². The number of para-hydroxylation sites is 1. The molecule has 0 radical (unpaired) electrons. The molecule has 1 heterocycles. The molecule has 0 atom stereocenters. The topological polar surface area (TPSA) is 84.6 Å². The summed E-state index contributed by atoms with van der Waals surface area (Å²) in [5, 5.41) is 3.66. The third-order valence-electron chi connectivity index (χ3n) is 3.19. The number of amidine groups is 1. The first kappa shape index (κ1) is 16.3. The zero-order chi connectivity index (χ0) is 17.1. The predicted molar refractivity (Wildman–Crippen MR) is 97.2 cm³/mol. The second kappa shape index (κ2) is 6.90. The molecule has 3 rings (SSSR count). The second-order valence-corrected chi connectivity index (χ2v) is 6.39. The number of primary amides is 1. The molecule has 24 heavy (non-hydrogen) atoms. The molecule has 7 heteroatoms. The van der Waals surface area contributed by atoms with Crippen LogP contribution in [0.15, 0.2) is 58.4 Å². The van der Waals surface area contributed by atoms with Gasteiger partial charge in [-0.15, -0.1) is 0 Å². The lowest BCUT2D eigenvalue weighted by atomic mass is 10.2. The zero-order valence-corrected chi connectivity index (χ0v) is 13.9. The Labute approximate surface area is 147 Å². The quantitative estimate of drug-likeness (QED) is 0.826. The lowest BCUT2D eigenvalue weighted by Crippen LogP contribution is -2.19. The number of carbonyl (C=O) groups is 2. The smallest absolute Gasteiger partial charge is 0.264 e. The molecule has 2 aromatic carbocycles. The Kier molecular flexibility index (Phi) is 4.69. The van der Waals surface area contributed by atoms with Crippen molar-refractivity contribution in [1.29, 1.82) is 0 Å². The standard InChI is InChI=1S/C17H12ClN3O2S/c18-11-5-3-4-10(8-11)9-14-16(23)21-17(24-14)20-13-7-2-1-6-12(13)15(19)22/h1-9H,(H2,19,22)(H,20,21,23)/b14-9-. The summed E-state index contributed by atoms with van der Waals surface area (Å²) >= 11 is 7.14. The first-order valence-electron chi connectivity index (χ1n) is 6.97. The Morgan fingerprint density at radius 2 is 2.00 bits per heavy atom. The number of aliphatic imine (C=N–C) groups is 1. The Balaban J connectivity index is 1.89. The summed E-state index contributed by atoms with van der Waals surface area (Å²) in [6.07, 6.45) is 1.73. The fraction of sp³-hybridized carbons (Fsp3) is 0. The fourth-order valence-corrected chi connectivity index (χ4v) is 3.15. The minimum Gasteiger partial charge on any atom is -0.366 e. The van der Waals surface area contributed by atoms with Crippen LogP contribution in [0.1, 0.15) is 15.9 Å². The maximum atomic E-state index is 12.1. The molecule has 3 N–H and O–H groups in total. The molecule has 0 aliphatic carbocycles. The van der Waals surface area contributed by atoms with Gasteiger partial charge in [0.25, 0.3) is 11.8 Å². The van der Waals surface area contributed by atoms with E-state index in [1.165, 1.54) is 11.8 Å². The molecule has 0 aromatic heterocycles. The summed E-state index contributed by atoms with van der Waals surface area (Å²) < 4.78 is 0. The highest BCUT2D eigenvalue weighted by Gasteiger charge is 2.24. The third kappa shape index (κ3) is 3.67. The van der Waals surface area contributed by atoms with Crippen molar-refractivity contribution in [2.24, 2.45) is 10.7 Å². The van der Waals surface area contributed by atoms with Crippen LogP contribution in [0.5, 0.6) is 0 Å². The molecule has 1 fully saturated rings. The van der Waals surface area contributed by atoms with Gasteiger partial charge in [0.15, 0.2) is 5.17 Å². The van der Waals surface area contributed by atoms with Gasteiger partial charge in [0, 0.05) is 5.02 Å². The van der Waals surface area contributed by atoms with Gasteiger partial charge in [-0.1, -0.05) is 35.9 Å². The molecule has 0 spiro atoms. The molecule has 1 aliphatic rings. The number of rotatable bonds is 3. The lowest BCUT2D eigenvalue weighted by Gasteiger charge is -2.01. The van der Waals surface area contributed by atoms with E-state index in [2.05, 4.69) is 10.3 Å². The van der Waals surface area contributed by atoms with Crippen LogP contribution in [-0.4, -0.2) is 17.0 Å². The van der Waals surface area contributed by atoms with E-state index in [1.807, 2.05) is 12.1 Å². The van der Waals surface area contributed by atoms with E-state index in [4.69, 9.17) is 17.3 Å². The maximum Gasteiger partial charge on any atom is 0.264 e. The SMILES string of the molecule is NC(=O)c1ccccc1N=C1NC(=O)/C(=C/c2cccc(Cl)c2)S1. The number of hydrogen-bond acceptors (Lipinski definition) is 4. The number of nitrogens with zero attached hydrogens (tertiary/aromatic N) is 1. The molecule has 1 aliphatic heterocycles. The van der Waals surface area contributed by atoms with Gasteiger partial charge in [0.05, 0.1) is 16.2 Å². The molecular formula is C17H12ClN3O2S. The first-order valence-corrected chi connectivity index (χ1v) is 8.16. The molecule has 0 bridgehead atoms. The Morgan fingerprint density at radius 1 is 1.21 bits per heavy atom. The van der Waals surface area contributed by atoms with Crippen LogP contribution in [0.25, 0.3) is 6.08 Å². The summed E-state index contributed by atoms with van der Waals surface area (Å²) in [5.41, 5.74) is 6.86. The van der Waals surface area contributed by atoms with Crippen LogP contribution >= 0.6 is 23.4 Å². The van der Waals surface area contributed by atoms with Gasteiger partial charge in [0.2, 0.25) is 0 Å². The molecule has 0 saturated carbocycles. The fourth-order valence-electron chi connectivity index (χ4n) is 2.12. The van der Waals surface area contributed by atoms with E-state index >= 15 is 0 Å². The number of halogens is 1. The van der Waals surface area contributed by atoms with Crippen molar-refractivity contribution in [3.05, 3.63) is 69.6 Å². The van der Waals surface area contributed by atoms with Gasteiger partial charge in [-0.2, -0.15) is 0 Å². The van der Waals surface area contributed by atoms with Crippen molar-refractivity contribution >= 4 is 52.1 Å². The molecule has 5 nitrogen and oxygen atoms in total. The highest BCUT2D eigenvalue weighted by atomic mass is 35.5. The number of nitrogens with two attached hydrogens (primary N) is 1. The van der Waals surface area contributed by atoms with E-state index in [0.29, 0.717) is 26.3 Å². The average Bonchev–Trinajstić information content (AvgIpc) is 2.87. The van der Waals surface area contributed by atoms with E-state index in [0.717, 1.165) is 5.56 Å². The Hall–Kier alpha value is -2.57. The summed E-state index contributed by atoms with van der Waals surface area (Å²) in [6, 6.07) is 13.9.